The molecule has 3 rings (SSSR count). The zero-order chi connectivity index (χ0) is 18.2. The van der Waals surface area contributed by atoms with Crippen LogP contribution in [-0.2, 0) is 0 Å². The van der Waals surface area contributed by atoms with Crippen LogP contribution in [-0.4, -0.2) is 19.1 Å². The predicted octanol–water partition coefficient (Wildman–Crippen LogP) is 4.54. The molecule has 0 fully saturated rings. The van der Waals surface area contributed by atoms with Crippen LogP contribution in [0.1, 0.15) is 10.4 Å². The van der Waals surface area contributed by atoms with Gasteiger partial charge in [-0.3, -0.25) is 4.79 Å². The van der Waals surface area contributed by atoms with Crippen LogP contribution in [0.5, 0.6) is 11.5 Å². The topological polar surface area (TPSA) is 47.6 Å². The lowest BCUT2D eigenvalue weighted by atomic mass is 10.2. The standard InChI is InChI=1S/C21H18FNO3/c22-17-5-4-6-18(15-17)23-21(24)16-9-11-20(12-10-16)26-14-13-25-19-7-2-1-3-8-19/h1-12,15H,13-14H2,(H,23,24). The smallest absolute Gasteiger partial charge is 0.255 e. The van der Waals surface area contributed by atoms with Crippen molar-refractivity contribution in [2.75, 3.05) is 18.5 Å². The Morgan fingerprint density at radius 2 is 1.46 bits per heavy atom. The molecule has 4 nitrogen and oxygen atoms in total. The van der Waals surface area contributed by atoms with Gasteiger partial charge in [0.05, 0.1) is 0 Å². The van der Waals surface area contributed by atoms with Gasteiger partial charge >= 0.3 is 0 Å². The van der Waals surface area contributed by atoms with E-state index in [9.17, 15) is 9.18 Å². The molecular formula is C21H18FNO3. The molecule has 0 radical (unpaired) electrons. The fraction of sp³-hybridized carbons (Fsp3) is 0.0952. The molecule has 0 heterocycles. The second kappa shape index (κ2) is 8.67. The summed E-state index contributed by atoms with van der Waals surface area (Å²) in [5.41, 5.74) is 0.871. The summed E-state index contributed by atoms with van der Waals surface area (Å²) >= 11 is 0. The predicted molar refractivity (Wildman–Crippen MR) is 98.2 cm³/mol. The van der Waals surface area contributed by atoms with Crippen molar-refractivity contribution in [2.45, 2.75) is 0 Å². The number of amides is 1. The number of ether oxygens (including phenoxy) is 2. The molecule has 3 aromatic rings. The van der Waals surface area contributed by atoms with Crippen molar-refractivity contribution in [3.05, 3.63) is 90.2 Å². The van der Waals surface area contributed by atoms with E-state index in [0.717, 1.165) is 5.75 Å². The van der Waals surface area contributed by atoms with Gasteiger partial charge in [0.1, 0.15) is 30.5 Å². The molecule has 0 saturated carbocycles. The Hall–Kier alpha value is -3.34. The van der Waals surface area contributed by atoms with Gasteiger partial charge in [-0.2, -0.15) is 0 Å². The molecule has 0 atom stereocenters. The van der Waals surface area contributed by atoms with E-state index in [-0.39, 0.29) is 5.91 Å². The van der Waals surface area contributed by atoms with E-state index in [4.69, 9.17) is 9.47 Å². The largest absolute Gasteiger partial charge is 0.490 e. The lowest BCUT2D eigenvalue weighted by Crippen LogP contribution is -2.12. The molecule has 0 bridgehead atoms. The first-order chi connectivity index (χ1) is 12.7. The Kier molecular flexibility index (Phi) is 5.83. The highest BCUT2D eigenvalue weighted by Gasteiger charge is 2.07. The number of halogens is 1. The summed E-state index contributed by atoms with van der Waals surface area (Å²) in [7, 11) is 0. The van der Waals surface area contributed by atoms with E-state index in [1.807, 2.05) is 30.3 Å². The maximum absolute atomic E-state index is 13.2. The van der Waals surface area contributed by atoms with Gasteiger partial charge in [-0.15, -0.1) is 0 Å². The van der Waals surface area contributed by atoms with Gasteiger partial charge in [0.25, 0.3) is 5.91 Å². The summed E-state index contributed by atoms with van der Waals surface area (Å²) < 4.78 is 24.3. The maximum Gasteiger partial charge on any atom is 0.255 e. The summed E-state index contributed by atoms with van der Waals surface area (Å²) in [5, 5.41) is 2.65. The van der Waals surface area contributed by atoms with E-state index in [0.29, 0.717) is 30.2 Å². The summed E-state index contributed by atoms with van der Waals surface area (Å²) in [4.78, 5) is 12.2. The number of benzene rings is 3. The summed E-state index contributed by atoms with van der Waals surface area (Å²) in [6, 6.07) is 22.0. The Balaban J connectivity index is 1.47. The van der Waals surface area contributed by atoms with Crippen LogP contribution in [0.4, 0.5) is 10.1 Å². The van der Waals surface area contributed by atoms with Gasteiger partial charge in [0, 0.05) is 11.3 Å². The monoisotopic (exact) mass is 351 g/mol. The van der Waals surface area contributed by atoms with Crippen LogP contribution in [0.3, 0.4) is 0 Å². The Morgan fingerprint density at radius 1 is 0.808 bits per heavy atom. The average Bonchev–Trinajstić information content (AvgIpc) is 2.66. The molecule has 0 aliphatic carbocycles. The number of para-hydroxylation sites is 1. The zero-order valence-electron chi connectivity index (χ0n) is 14.0. The van der Waals surface area contributed by atoms with Gasteiger partial charge in [-0.05, 0) is 54.6 Å². The second-order valence-electron chi connectivity index (χ2n) is 5.50. The van der Waals surface area contributed by atoms with Crippen LogP contribution in [0, 0.1) is 5.82 Å². The lowest BCUT2D eigenvalue weighted by Gasteiger charge is -2.09. The third-order valence-corrected chi connectivity index (χ3v) is 3.56. The molecule has 0 saturated heterocycles. The first-order valence-corrected chi connectivity index (χ1v) is 8.18. The van der Waals surface area contributed by atoms with Crippen LogP contribution < -0.4 is 14.8 Å². The number of rotatable bonds is 7. The molecule has 0 unspecified atom stereocenters. The van der Waals surface area contributed by atoms with Crippen LogP contribution in [0.15, 0.2) is 78.9 Å². The minimum atomic E-state index is -0.399. The fourth-order valence-corrected chi connectivity index (χ4v) is 2.31. The Labute approximate surface area is 151 Å². The van der Waals surface area contributed by atoms with Crippen LogP contribution in [0.2, 0.25) is 0 Å². The minimum Gasteiger partial charge on any atom is -0.490 e. The molecule has 1 N–H and O–H groups in total. The quantitative estimate of drug-likeness (QED) is 0.636. The number of carbonyl (C=O) groups excluding carboxylic acids is 1. The van der Waals surface area contributed by atoms with Crippen molar-refractivity contribution in [2.24, 2.45) is 0 Å². The number of nitrogens with one attached hydrogen (secondary N) is 1. The van der Waals surface area contributed by atoms with Gasteiger partial charge in [0.2, 0.25) is 0 Å². The molecule has 5 heteroatoms. The summed E-state index contributed by atoms with van der Waals surface area (Å²) in [6.07, 6.45) is 0. The van der Waals surface area contributed by atoms with Crippen LogP contribution in [0.25, 0.3) is 0 Å². The summed E-state index contributed by atoms with van der Waals surface area (Å²) in [6.45, 7) is 0.815. The third kappa shape index (κ3) is 5.08. The van der Waals surface area contributed by atoms with Gasteiger partial charge < -0.3 is 14.8 Å². The summed E-state index contributed by atoms with van der Waals surface area (Å²) in [5.74, 6) is 0.725. The van der Waals surface area contributed by atoms with Gasteiger partial charge in [-0.1, -0.05) is 24.3 Å². The number of carbonyl (C=O) groups is 1. The molecule has 0 aromatic heterocycles. The lowest BCUT2D eigenvalue weighted by molar-refractivity contribution is 0.102. The third-order valence-electron chi connectivity index (χ3n) is 3.56. The highest BCUT2D eigenvalue weighted by molar-refractivity contribution is 6.04. The number of hydrogen-bond donors (Lipinski definition) is 1. The first kappa shape index (κ1) is 17.5. The van der Waals surface area contributed by atoms with Crippen molar-refractivity contribution in [1.82, 2.24) is 0 Å². The zero-order valence-corrected chi connectivity index (χ0v) is 14.0. The Bertz CT molecular complexity index is 851. The van der Waals surface area contributed by atoms with Crippen molar-refractivity contribution in [3.8, 4) is 11.5 Å². The van der Waals surface area contributed by atoms with Crippen molar-refractivity contribution < 1.29 is 18.7 Å². The van der Waals surface area contributed by atoms with E-state index >= 15 is 0 Å². The van der Waals surface area contributed by atoms with Crippen LogP contribution >= 0.6 is 0 Å². The van der Waals surface area contributed by atoms with Gasteiger partial charge in [0.15, 0.2) is 0 Å². The SMILES string of the molecule is O=C(Nc1cccc(F)c1)c1ccc(OCCOc2ccccc2)cc1. The molecule has 0 aliphatic heterocycles. The highest BCUT2D eigenvalue weighted by atomic mass is 19.1. The van der Waals surface area contributed by atoms with E-state index in [1.54, 1.807) is 36.4 Å². The molecule has 3 aromatic carbocycles. The van der Waals surface area contributed by atoms with Crippen molar-refractivity contribution >= 4 is 11.6 Å². The maximum atomic E-state index is 13.2. The first-order valence-electron chi connectivity index (χ1n) is 8.18. The molecule has 0 spiro atoms. The van der Waals surface area contributed by atoms with Gasteiger partial charge in [-0.25, -0.2) is 4.39 Å². The average molecular weight is 351 g/mol. The number of hydrogen-bond acceptors (Lipinski definition) is 3. The molecular weight excluding hydrogens is 333 g/mol. The minimum absolute atomic E-state index is 0.311. The second-order valence-corrected chi connectivity index (χ2v) is 5.50. The highest BCUT2D eigenvalue weighted by Crippen LogP contribution is 2.15. The van der Waals surface area contributed by atoms with E-state index in [1.165, 1.54) is 12.1 Å². The van der Waals surface area contributed by atoms with E-state index in [2.05, 4.69) is 5.32 Å². The fourth-order valence-electron chi connectivity index (χ4n) is 2.31. The van der Waals surface area contributed by atoms with E-state index < -0.39 is 5.82 Å². The molecule has 26 heavy (non-hydrogen) atoms. The van der Waals surface area contributed by atoms with Crippen molar-refractivity contribution in [3.63, 3.8) is 0 Å². The molecule has 0 aliphatic rings. The molecule has 1 amide bonds. The molecule has 132 valence electrons. The normalized spacial score (nSPS) is 10.2. The van der Waals surface area contributed by atoms with Crippen molar-refractivity contribution in [1.29, 1.82) is 0 Å². The number of anilines is 1. The Morgan fingerprint density at radius 3 is 2.12 bits per heavy atom.